The second-order valence-corrected chi connectivity index (χ2v) is 10.7. The van der Waals surface area contributed by atoms with E-state index in [0.29, 0.717) is 32.1 Å². The van der Waals surface area contributed by atoms with Crippen LogP contribution in [-0.2, 0) is 26.4 Å². The molecule has 1 amide bonds. The molecule has 0 spiro atoms. The molecule has 1 aromatic carbocycles. The van der Waals surface area contributed by atoms with Crippen molar-refractivity contribution in [2.75, 3.05) is 34.0 Å². The van der Waals surface area contributed by atoms with Gasteiger partial charge in [0.25, 0.3) is 5.56 Å². The highest BCUT2D eigenvalue weighted by Crippen LogP contribution is 2.34. The summed E-state index contributed by atoms with van der Waals surface area (Å²) in [5.41, 5.74) is -1.24. The number of aromatic nitrogens is 5. The first-order valence-electron chi connectivity index (χ1n) is 12.6. The van der Waals surface area contributed by atoms with Gasteiger partial charge in [-0.15, -0.1) is 4.80 Å². The van der Waals surface area contributed by atoms with Crippen LogP contribution in [0.2, 0.25) is 0 Å². The van der Waals surface area contributed by atoms with Gasteiger partial charge in [-0.1, -0.05) is 11.3 Å². The Morgan fingerprint density at radius 2 is 1.93 bits per heavy atom. The molecular weight excluding hydrogens is 543 g/mol. The molecule has 1 aliphatic heterocycles. The normalized spacial score (nSPS) is 17.9. The van der Waals surface area contributed by atoms with E-state index in [1.54, 1.807) is 13.8 Å². The van der Waals surface area contributed by atoms with Gasteiger partial charge in [-0.25, -0.2) is 9.18 Å². The largest absolute Gasteiger partial charge is 0.496 e. The summed E-state index contributed by atoms with van der Waals surface area (Å²) in [6.45, 7) is 3.92. The first-order chi connectivity index (χ1) is 19.2. The highest BCUT2D eigenvalue weighted by atomic mass is 32.1. The van der Waals surface area contributed by atoms with Gasteiger partial charge in [-0.3, -0.25) is 18.7 Å². The van der Waals surface area contributed by atoms with E-state index in [4.69, 9.17) is 14.2 Å². The minimum atomic E-state index is -1.09. The van der Waals surface area contributed by atoms with Gasteiger partial charge in [0, 0.05) is 24.8 Å². The van der Waals surface area contributed by atoms with Crippen LogP contribution in [0.5, 0.6) is 5.75 Å². The molecule has 1 saturated heterocycles. The molecule has 12 nitrogen and oxygen atoms in total. The number of halogens is 1. The number of carbonyl (C=O) groups is 1. The third-order valence-electron chi connectivity index (χ3n) is 7.03. The molecule has 4 heterocycles. The summed E-state index contributed by atoms with van der Waals surface area (Å²) < 4.78 is 33.7. The lowest BCUT2D eigenvalue weighted by Gasteiger charge is -2.27. The fourth-order valence-electron chi connectivity index (χ4n) is 5.04. The third-order valence-corrected chi connectivity index (χ3v) is 8.31. The Balaban J connectivity index is 1.76. The number of hydrogen-bond acceptors (Lipinski definition) is 9. The lowest BCUT2D eigenvalue weighted by molar-refractivity contribution is -0.119. The molecule has 5 rings (SSSR count). The third kappa shape index (κ3) is 4.82. The molecule has 0 bridgehead atoms. The van der Waals surface area contributed by atoms with Crippen molar-refractivity contribution < 1.29 is 23.4 Å². The number of thiophene rings is 1. The van der Waals surface area contributed by atoms with Crippen LogP contribution in [0.1, 0.15) is 30.6 Å². The molecule has 1 aliphatic rings. The molecule has 40 heavy (non-hydrogen) atoms. The number of methoxy groups -OCH3 is 2. The minimum Gasteiger partial charge on any atom is -0.496 e. The van der Waals surface area contributed by atoms with Crippen molar-refractivity contribution >= 4 is 27.5 Å². The Morgan fingerprint density at radius 3 is 2.58 bits per heavy atom. The van der Waals surface area contributed by atoms with Gasteiger partial charge in [0.2, 0.25) is 5.91 Å². The molecule has 2 atom stereocenters. The highest BCUT2D eigenvalue weighted by Gasteiger charge is 2.40. The van der Waals surface area contributed by atoms with Gasteiger partial charge < -0.3 is 19.5 Å². The molecule has 212 valence electrons. The monoisotopic (exact) mass is 572 g/mol. The number of fused-ring (bicyclic) bond motifs is 1. The van der Waals surface area contributed by atoms with Gasteiger partial charge in [0.1, 0.15) is 27.5 Å². The number of rotatable bonds is 10. The topological polar surface area (TPSA) is 132 Å². The highest BCUT2D eigenvalue weighted by molar-refractivity contribution is 7.21. The summed E-state index contributed by atoms with van der Waals surface area (Å²) in [6.07, 6.45) is 2.15. The Labute approximate surface area is 231 Å². The van der Waals surface area contributed by atoms with Crippen molar-refractivity contribution in [1.82, 2.24) is 29.4 Å². The Morgan fingerprint density at radius 1 is 1.18 bits per heavy atom. The lowest BCUT2D eigenvalue weighted by Crippen LogP contribution is -2.51. The average molecular weight is 573 g/mol. The molecule has 1 fully saturated rings. The summed E-state index contributed by atoms with van der Waals surface area (Å²) in [7, 11) is 2.99. The zero-order chi connectivity index (χ0) is 28.6. The molecule has 14 heteroatoms. The molecule has 0 saturated carbocycles. The fraction of sp³-hybridized carbons (Fsp3) is 0.423. The average Bonchev–Trinajstić information content (AvgIpc) is 3.65. The fourth-order valence-corrected chi connectivity index (χ4v) is 6.26. The Hall–Kier alpha value is -3.88. The predicted molar refractivity (Wildman–Crippen MR) is 145 cm³/mol. The standard InChI is InChI=1S/C26H29FN6O6S/c1-15-21-22(35)32(26(2)12-20(34)28-14-26)25(36)31(24(21)40-23(15)33-29-7-8-30-33)13-19(39-10-9-37-3)17-11-16(27)5-6-18(17)38-4/h5-8,11,19H,9-10,12-14H2,1-4H3,(H,28,34)/t19-,26?/m0/s1. The summed E-state index contributed by atoms with van der Waals surface area (Å²) in [5, 5.41) is 12.0. The second-order valence-electron chi connectivity index (χ2n) is 9.75. The van der Waals surface area contributed by atoms with Gasteiger partial charge in [-0.2, -0.15) is 10.2 Å². The molecule has 0 aliphatic carbocycles. The van der Waals surface area contributed by atoms with Crippen LogP contribution in [-0.4, -0.2) is 64.0 Å². The van der Waals surface area contributed by atoms with Gasteiger partial charge in [0.05, 0.1) is 56.6 Å². The van der Waals surface area contributed by atoms with Gasteiger partial charge in [0.15, 0.2) is 0 Å². The Bertz CT molecular complexity index is 1680. The number of nitrogens with zero attached hydrogens (tertiary/aromatic N) is 5. The van der Waals surface area contributed by atoms with E-state index in [9.17, 15) is 18.8 Å². The van der Waals surface area contributed by atoms with Crippen molar-refractivity contribution in [3.63, 3.8) is 0 Å². The minimum absolute atomic E-state index is 0.0319. The van der Waals surface area contributed by atoms with Crippen LogP contribution >= 0.6 is 11.3 Å². The number of benzene rings is 1. The number of ether oxygens (including phenoxy) is 3. The summed E-state index contributed by atoms with van der Waals surface area (Å²) in [5.74, 6) is -0.377. The number of hydrogen-bond donors (Lipinski definition) is 1. The molecule has 1 unspecified atom stereocenters. The summed E-state index contributed by atoms with van der Waals surface area (Å²) in [4.78, 5) is 42.1. The van der Waals surface area contributed by atoms with Crippen molar-refractivity contribution in [1.29, 1.82) is 0 Å². The maximum absolute atomic E-state index is 14.4. The molecule has 1 N–H and O–H groups in total. The lowest BCUT2D eigenvalue weighted by atomic mass is 10.0. The van der Waals surface area contributed by atoms with Crippen LogP contribution in [0.4, 0.5) is 4.39 Å². The van der Waals surface area contributed by atoms with Gasteiger partial charge in [-0.05, 0) is 32.0 Å². The number of nitrogens with one attached hydrogen (secondary N) is 1. The van der Waals surface area contributed by atoms with Crippen molar-refractivity contribution in [2.45, 2.75) is 38.5 Å². The summed E-state index contributed by atoms with van der Waals surface area (Å²) >= 11 is 1.19. The van der Waals surface area contributed by atoms with E-state index < -0.39 is 28.7 Å². The second kappa shape index (κ2) is 10.9. The number of aryl methyl sites for hydroxylation is 1. The predicted octanol–water partition coefficient (Wildman–Crippen LogP) is 1.90. The van der Waals surface area contributed by atoms with Crippen LogP contribution in [0.25, 0.3) is 15.2 Å². The Kier molecular flexibility index (Phi) is 7.57. The maximum Gasteiger partial charge on any atom is 0.332 e. The SMILES string of the molecule is COCCO[C@@H](Cn1c(=O)n(C2(C)CNC(=O)C2)c(=O)c2c(C)c(-n3nccn3)sc21)c1cc(F)ccc1OC. The van der Waals surface area contributed by atoms with E-state index in [0.717, 1.165) is 4.57 Å². The summed E-state index contributed by atoms with van der Waals surface area (Å²) in [6, 6.07) is 4.06. The van der Waals surface area contributed by atoms with Crippen LogP contribution < -0.4 is 21.3 Å². The smallest absolute Gasteiger partial charge is 0.332 e. The molecule has 0 radical (unpaired) electrons. The number of carbonyl (C=O) groups excluding carboxylic acids is 1. The van der Waals surface area contributed by atoms with Crippen LogP contribution in [0.15, 0.2) is 40.2 Å². The zero-order valence-electron chi connectivity index (χ0n) is 22.5. The first kappa shape index (κ1) is 27.7. The van der Waals surface area contributed by atoms with Crippen LogP contribution in [0, 0.1) is 12.7 Å². The van der Waals surface area contributed by atoms with Crippen LogP contribution in [0.3, 0.4) is 0 Å². The molecule has 3 aromatic heterocycles. The van der Waals surface area contributed by atoms with E-state index >= 15 is 0 Å². The van der Waals surface area contributed by atoms with Crippen molar-refractivity contribution in [3.05, 3.63) is 68.4 Å². The van der Waals surface area contributed by atoms with E-state index in [-0.39, 0.29) is 38.6 Å². The van der Waals surface area contributed by atoms with Gasteiger partial charge >= 0.3 is 5.69 Å². The zero-order valence-corrected chi connectivity index (χ0v) is 23.3. The van der Waals surface area contributed by atoms with E-state index in [1.165, 1.54) is 65.5 Å². The van der Waals surface area contributed by atoms with E-state index in [2.05, 4.69) is 15.5 Å². The first-order valence-corrected chi connectivity index (χ1v) is 13.4. The van der Waals surface area contributed by atoms with E-state index in [1.807, 2.05) is 0 Å². The maximum atomic E-state index is 14.4. The quantitative estimate of drug-likeness (QED) is 0.285. The number of amides is 1. The van der Waals surface area contributed by atoms with Crippen molar-refractivity contribution in [2.24, 2.45) is 0 Å². The molecular formula is C26H29FN6O6S. The van der Waals surface area contributed by atoms with Crippen molar-refractivity contribution in [3.8, 4) is 10.8 Å². The molecule has 4 aromatic rings.